The first-order chi connectivity index (χ1) is 12.7. The minimum Gasteiger partial charge on any atom is -0.339 e. The summed E-state index contributed by atoms with van der Waals surface area (Å²) in [4.78, 5) is 21.3. The Kier molecular flexibility index (Phi) is 5.08. The second-order valence-electron chi connectivity index (χ2n) is 6.22. The molecule has 1 aromatic carbocycles. The van der Waals surface area contributed by atoms with E-state index in [9.17, 15) is 4.79 Å². The number of thioether (sulfide) groups is 1. The van der Waals surface area contributed by atoms with E-state index in [4.69, 9.17) is 4.52 Å². The Morgan fingerprint density at radius 1 is 1.31 bits per heavy atom. The highest BCUT2D eigenvalue weighted by Crippen LogP contribution is 2.37. The quantitative estimate of drug-likeness (QED) is 0.654. The molecule has 1 aliphatic heterocycles. The monoisotopic (exact) mass is 385 g/mol. The number of anilines is 1. The van der Waals surface area contributed by atoms with Crippen LogP contribution in [0.25, 0.3) is 10.7 Å². The normalized spacial score (nSPS) is 17.0. The second-order valence-corrected chi connectivity index (χ2v) is 8.65. The average molecular weight is 386 g/mol. The number of hydrogen-bond donors (Lipinski definition) is 0. The number of amides is 1. The summed E-state index contributed by atoms with van der Waals surface area (Å²) in [5.74, 6) is 1.20. The van der Waals surface area contributed by atoms with Crippen molar-refractivity contribution in [1.82, 2.24) is 10.1 Å². The van der Waals surface area contributed by atoms with Gasteiger partial charge in [0.05, 0.1) is 10.6 Å². The molecule has 0 radical (unpaired) electrons. The van der Waals surface area contributed by atoms with E-state index < -0.39 is 0 Å². The molecule has 3 heterocycles. The van der Waals surface area contributed by atoms with Crippen LogP contribution in [0.3, 0.4) is 0 Å². The fourth-order valence-corrected chi connectivity index (χ4v) is 4.72. The van der Waals surface area contributed by atoms with Gasteiger partial charge in [0.1, 0.15) is 0 Å². The van der Waals surface area contributed by atoms with Gasteiger partial charge in [-0.2, -0.15) is 4.98 Å². The van der Waals surface area contributed by atoms with E-state index in [1.54, 1.807) is 11.3 Å². The second kappa shape index (κ2) is 7.63. The number of aromatic nitrogens is 2. The lowest BCUT2D eigenvalue weighted by Crippen LogP contribution is -2.32. The molecule has 5 nitrogen and oxygen atoms in total. The molecule has 0 saturated heterocycles. The predicted octanol–water partition coefficient (Wildman–Crippen LogP) is 4.65. The molecule has 1 amide bonds. The molecule has 1 aliphatic rings. The summed E-state index contributed by atoms with van der Waals surface area (Å²) in [6, 6.07) is 12.0. The molecular formula is C19H19N3O2S2. The Labute approximate surface area is 160 Å². The highest BCUT2D eigenvalue weighted by Gasteiger charge is 2.24. The number of thiophene rings is 1. The van der Waals surface area contributed by atoms with Gasteiger partial charge in [-0.3, -0.25) is 4.79 Å². The van der Waals surface area contributed by atoms with Gasteiger partial charge in [0.25, 0.3) is 0 Å². The third-order valence-corrected chi connectivity index (χ3v) is 6.41. The van der Waals surface area contributed by atoms with Gasteiger partial charge in [-0.25, -0.2) is 0 Å². The lowest BCUT2D eigenvalue weighted by atomic mass is 10.2. The number of para-hydroxylation sites is 1. The van der Waals surface area contributed by atoms with E-state index in [0.717, 1.165) is 23.5 Å². The van der Waals surface area contributed by atoms with Crippen molar-refractivity contribution in [3.05, 3.63) is 47.7 Å². The molecule has 0 spiro atoms. The van der Waals surface area contributed by atoms with E-state index in [-0.39, 0.29) is 5.91 Å². The summed E-state index contributed by atoms with van der Waals surface area (Å²) in [7, 11) is 0. The number of carbonyl (C=O) groups excluding carboxylic acids is 1. The lowest BCUT2D eigenvalue weighted by molar-refractivity contribution is -0.118. The molecule has 4 rings (SSSR count). The highest BCUT2D eigenvalue weighted by molar-refractivity contribution is 8.00. The van der Waals surface area contributed by atoms with Gasteiger partial charge in [0.15, 0.2) is 0 Å². The summed E-state index contributed by atoms with van der Waals surface area (Å²) in [6.07, 6.45) is 1.80. The minimum atomic E-state index is 0.100. The van der Waals surface area contributed by atoms with E-state index in [2.05, 4.69) is 23.1 Å². The van der Waals surface area contributed by atoms with E-state index in [1.165, 1.54) is 4.90 Å². The van der Waals surface area contributed by atoms with Crippen LogP contribution < -0.4 is 4.90 Å². The maximum absolute atomic E-state index is 12.9. The molecule has 0 bridgehead atoms. The molecule has 26 heavy (non-hydrogen) atoms. The van der Waals surface area contributed by atoms with Crippen LogP contribution in [0.4, 0.5) is 5.69 Å². The molecule has 7 heteroatoms. The Balaban J connectivity index is 1.45. The van der Waals surface area contributed by atoms with Crippen LogP contribution >= 0.6 is 23.1 Å². The summed E-state index contributed by atoms with van der Waals surface area (Å²) >= 11 is 3.41. The van der Waals surface area contributed by atoms with Gasteiger partial charge < -0.3 is 9.42 Å². The smallest absolute Gasteiger partial charge is 0.227 e. The maximum Gasteiger partial charge on any atom is 0.227 e. The first-order valence-corrected chi connectivity index (χ1v) is 10.4. The van der Waals surface area contributed by atoms with Crippen LogP contribution in [0.5, 0.6) is 0 Å². The fraction of sp³-hybridized carbons (Fsp3) is 0.316. The van der Waals surface area contributed by atoms with Gasteiger partial charge in [-0.1, -0.05) is 30.3 Å². The lowest BCUT2D eigenvalue weighted by Gasteiger charge is -2.22. The molecule has 134 valence electrons. The Bertz CT molecular complexity index is 892. The van der Waals surface area contributed by atoms with Gasteiger partial charge in [-0.05, 0) is 30.0 Å². The van der Waals surface area contributed by atoms with Crippen molar-refractivity contribution >= 4 is 34.7 Å². The zero-order valence-corrected chi connectivity index (χ0v) is 16.1. The van der Waals surface area contributed by atoms with E-state index in [0.29, 0.717) is 29.8 Å². The van der Waals surface area contributed by atoms with Crippen molar-refractivity contribution in [2.24, 2.45) is 0 Å². The predicted molar refractivity (Wildman–Crippen MR) is 105 cm³/mol. The van der Waals surface area contributed by atoms with Gasteiger partial charge in [-0.15, -0.1) is 23.1 Å². The summed E-state index contributed by atoms with van der Waals surface area (Å²) < 4.78 is 5.31. The number of rotatable bonds is 4. The highest BCUT2D eigenvalue weighted by atomic mass is 32.2. The largest absolute Gasteiger partial charge is 0.339 e. The van der Waals surface area contributed by atoms with Crippen molar-refractivity contribution in [3.8, 4) is 10.7 Å². The fourth-order valence-electron chi connectivity index (χ4n) is 2.96. The third kappa shape index (κ3) is 3.68. The maximum atomic E-state index is 12.9. The van der Waals surface area contributed by atoms with Crippen molar-refractivity contribution in [2.75, 3.05) is 11.4 Å². The standard InChI is InChI=1S/C19H19N3O2S2/c1-13-10-11-22(14-5-2-3-6-15(14)26-13)18(23)9-8-17-20-19(21-24-17)16-7-4-12-25-16/h2-7,12-13H,8-11H2,1H3. The van der Waals surface area contributed by atoms with Crippen LogP contribution in [0.1, 0.15) is 25.7 Å². The molecule has 0 fully saturated rings. The summed E-state index contributed by atoms with van der Waals surface area (Å²) in [6.45, 7) is 2.95. The Morgan fingerprint density at radius 2 is 2.19 bits per heavy atom. The van der Waals surface area contributed by atoms with Crippen LogP contribution in [0.15, 0.2) is 51.2 Å². The number of benzene rings is 1. The van der Waals surface area contributed by atoms with Crippen LogP contribution in [-0.4, -0.2) is 27.8 Å². The van der Waals surface area contributed by atoms with Gasteiger partial charge in [0.2, 0.25) is 17.6 Å². The zero-order valence-electron chi connectivity index (χ0n) is 14.4. The van der Waals surface area contributed by atoms with Gasteiger partial charge >= 0.3 is 0 Å². The van der Waals surface area contributed by atoms with Crippen molar-refractivity contribution in [1.29, 1.82) is 0 Å². The van der Waals surface area contributed by atoms with Crippen LogP contribution in [0, 0.1) is 0 Å². The van der Waals surface area contributed by atoms with Crippen LogP contribution in [0.2, 0.25) is 0 Å². The molecule has 3 aromatic rings. The molecule has 2 aromatic heterocycles. The number of hydrogen-bond acceptors (Lipinski definition) is 6. The first kappa shape index (κ1) is 17.3. The SMILES string of the molecule is CC1CCN(C(=O)CCc2nc(-c3cccs3)no2)c2ccccc2S1. The number of nitrogens with zero attached hydrogens (tertiary/aromatic N) is 3. The van der Waals surface area contributed by atoms with E-state index in [1.807, 2.05) is 52.4 Å². The number of aryl methyl sites for hydroxylation is 1. The Hall–Kier alpha value is -2.12. The first-order valence-electron chi connectivity index (χ1n) is 8.63. The zero-order chi connectivity index (χ0) is 17.9. The van der Waals surface area contributed by atoms with Crippen LogP contribution in [-0.2, 0) is 11.2 Å². The van der Waals surface area contributed by atoms with E-state index >= 15 is 0 Å². The number of fused-ring (bicyclic) bond motifs is 1. The molecule has 0 saturated carbocycles. The van der Waals surface area contributed by atoms with Crippen molar-refractivity contribution in [3.63, 3.8) is 0 Å². The topological polar surface area (TPSA) is 59.2 Å². The summed E-state index contributed by atoms with van der Waals surface area (Å²) in [5.41, 5.74) is 1.01. The summed E-state index contributed by atoms with van der Waals surface area (Å²) in [5, 5.41) is 6.48. The molecular weight excluding hydrogens is 366 g/mol. The van der Waals surface area contributed by atoms with Gasteiger partial charge in [0, 0.05) is 29.5 Å². The van der Waals surface area contributed by atoms with Crippen molar-refractivity contribution in [2.45, 2.75) is 36.3 Å². The Morgan fingerprint density at radius 3 is 3.04 bits per heavy atom. The third-order valence-electron chi connectivity index (χ3n) is 4.31. The number of carbonyl (C=O) groups is 1. The van der Waals surface area contributed by atoms with Crippen molar-refractivity contribution < 1.29 is 9.32 Å². The average Bonchev–Trinajstić information content (AvgIpc) is 3.29. The molecule has 0 N–H and O–H groups in total. The molecule has 1 unspecified atom stereocenters. The minimum absolute atomic E-state index is 0.100. The molecule has 0 aliphatic carbocycles. The molecule has 1 atom stereocenters.